The van der Waals surface area contributed by atoms with Gasteiger partial charge in [-0.3, -0.25) is 0 Å². The summed E-state index contributed by atoms with van der Waals surface area (Å²) >= 11 is 0. The van der Waals surface area contributed by atoms with E-state index in [-0.39, 0.29) is 0 Å². The van der Waals surface area contributed by atoms with Crippen LogP contribution >= 0.6 is 0 Å². The lowest BCUT2D eigenvalue weighted by Crippen LogP contribution is -2.28. The average Bonchev–Trinajstić information content (AvgIpc) is 2.65. The van der Waals surface area contributed by atoms with E-state index >= 15 is 0 Å². The van der Waals surface area contributed by atoms with Crippen LogP contribution in [0.25, 0.3) is 0 Å². The van der Waals surface area contributed by atoms with Crippen molar-refractivity contribution in [3.8, 4) is 0 Å². The molecule has 1 aromatic carbocycles. The number of ether oxygens (including phenoxy) is 1. The van der Waals surface area contributed by atoms with Gasteiger partial charge in [0, 0.05) is 22.5 Å². The highest BCUT2D eigenvalue weighted by molar-refractivity contribution is 6.58. The number of hydrogen-bond donors (Lipinski definition) is 0. The Hall–Kier alpha value is -0.743. The maximum atomic E-state index is 13.5. The molecule has 1 nitrogen and oxygen atoms in total. The predicted octanol–water partition coefficient (Wildman–Crippen LogP) is 5.91. The average molecular weight is 367 g/mol. The maximum absolute atomic E-state index is 13.5. The highest BCUT2D eigenvalue weighted by Gasteiger charge is 2.31. The molecule has 0 N–H and O–H groups in total. The second-order valence-electron chi connectivity index (χ2n) is 8.20. The molecule has 4 heteroatoms. The molecule has 1 aliphatic heterocycles. The molecule has 1 heterocycles. The SMILES string of the molecule is COCCC[Si@H]1CC[C@H]([C@H]2CC[C@H](c3ccc(F)c(F)c3)CC2)CC1. The molecular formula is C21H32F2OSi. The Morgan fingerprint density at radius 2 is 1.64 bits per heavy atom. The summed E-state index contributed by atoms with van der Waals surface area (Å²) in [5, 5.41) is 0. The molecule has 0 atom stereocenters. The Morgan fingerprint density at radius 3 is 2.28 bits per heavy atom. The third-order valence-electron chi connectivity index (χ3n) is 6.71. The zero-order valence-electron chi connectivity index (χ0n) is 15.5. The van der Waals surface area contributed by atoms with E-state index in [4.69, 9.17) is 4.74 Å². The van der Waals surface area contributed by atoms with E-state index in [1.807, 2.05) is 0 Å². The highest BCUT2D eigenvalue weighted by Crippen LogP contribution is 2.43. The Kier molecular flexibility index (Phi) is 7.06. The number of benzene rings is 1. The minimum atomic E-state index is -0.733. The molecule has 2 fully saturated rings. The van der Waals surface area contributed by atoms with Crippen LogP contribution in [0.15, 0.2) is 18.2 Å². The molecule has 0 aromatic heterocycles. The topological polar surface area (TPSA) is 9.23 Å². The van der Waals surface area contributed by atoms with Gasteiger partial charge in [0.2, 0.25) is 0 Å². The molecule has 0 unspecified atom stereocenters. The second-order valence-corrected chi connectivity index (χ2v) is 11.7. The Morgan fingerprint density at radius 1 is 0.960 bits per heavy atom. The van der Waals surface area contributed by atoms with E-state index in [0.29, 0.717) is 5.92 Å². The van der Waals surface area contributed by atoms with Crippen LogP contribution in [0.3, 0.4) is 0 Å². The summed E-state index contributed by atoms with van der Waals surface area (Å²) in [6, 6.07) is 8.99. The fourth-order valence-electron chi connectivity index (χ4n) is 5.15. The van der Waals surface area contributed by atoms with Crippen LogP contribution in [-0.4, -0.2) is 22.5 Å². The van der Waals surface area contributed by atoms with Crippen molar-refractivity contribution in [2.45, 2.75) is 69.0 Å². The van der Waals surface area contributed by atoms with E-state index in [2.05, 4.69) is 0 Å². The monoisotopic (exact) mass is 366 g/mol. The van der Waals surface area contributed by atoms with Gasteiger partial charge in [0.05, 0.1) is 0 Å². The molecule has 140 valence electrons. The third-order valence-corrected chi connectivity index (χ3v) is 10.2. The lowest BCUT2D eigenvalue weighted by molar-refractivity contribution is 0.198. The maximum Gasteiger partial charge on any atom is 0.159 e. The standard InChI is InChI=1S/C21H32F2OSi/c1-24-11-2-12-25-13-9-18(10-14-25)16-3-5-17(6-4-16)19-7-8-20(22)21(23)15-19/h7-8,15-18,25H,2-6,9-14H2,1H3/t16-,17-,18-,25-. The van der Waals surface area contributed by atoms with Crippen molar-refractivity contribution in [1.82, 2.24) is 0 Å². The third kappa shape index (κ3) is 5.13. The van der Waals surface area contributed by atoms with Gasteiger partial charge < -0.3 is 4.74 Å². The van der Waals surface area contributed by atoms with Gasteiger partial charge in [-0.1, -0.05) is 37.0 Å². The lowest BCUT2D eigenvalue weighted by Gasteiger charge is -2.37. The van der Waals surface area contributed by atoms with Crippen molar-refractivity contribution in [3.63, 3.8) is 0 Å². The second kappa shape index (κ2) is 9.27. The molecule has 1 saturated heterocycles. The lowest BCUT2D eigenvalue weighted by atomic mass is 9.72. The van der Waals surface area contributed by atoms with Crippen molar-refractivity contribution < 1.29 is 13.5 Å². The summed E-state index contributed by atoms with van der Waals surface area (Å²) in [6.07, 6.45) is 8.97. The molecule has 0 spiro atoms. The van der Waals surface area contributed by atoms with Crippen LogP contribution in [0, 0.1) is 23.5 Å². The fraction of sp³-hybridized carbons (Fsp3) is 0.714. The Labute approximate surface area is 152 Å². The quantitative estimate of drug-likeness (QED) is 0.449. The van der Waals surface area contributed by atoms with Crippen LogP contribution in [0.2, 0.25) is 18.1 Å². The summed E-state index contributed by atoms with van der Waals surface area (Å²) in [7, 11) is 1.32. The molecule has 1 aliphatic carbocycles. The molecule has 1 saturated carbocycles. The first-order valence-corrected chi connectivity index (χ1v) is 12.6. The van der Waals surface area contributed by atoms with E-state index in [1.165, 1.54) is 62.4 Å². The van der Waals surface area contributed by atoms with Crippen LogP contribution in [0.4, 0.5) is 8.78 Å². The molecule has 1 aromatic rings. The van der Waals surface area contributed by atoms with Crippen LogP contribution in [0.5, 0.6) is 0 Å². The van der Waals surface area contributed by atoms with Crippen molar-refractivity contribution in [2.75, 3.05) is 13.7 Å². The molecule has 0 amide bonds. The van der Waals surface area contributed by atoms with E-state index in [9.17, 15) is 8.78 Å². The molecule has 0 bridgehead atoms. The van der Waals surface area contributed by atoms with Gasteiger partial charge >= 0.3 is 0 Å². The van der Waals surface area contributed by atoms with Gasteiger partial charge in [0.25, 0.3) is 0 Å². The van der Waals surface area contributed by atoms with Crippen LogP contribution in [-0.2, 0) is 4.74 Å². The number of methoxy groups -OCH3 is 1. The summed E-state index contributed by atoms with van der Waals surface area (Å²) in [6.45, 7) is 0.931. The zero-order chi connectivity index (χ0) is 17.6. The fourth-order valence-corrected chi connectivity index (χ4v) is 8.56. The molecule has 3 rings (SSSR count). The molecular weight excluding hydrogens is 334 g/mol. The first-order chi connectivity index (χ1) is 12.2. The number of halogens is 2. The van der Waals surface area contributed by atoms with Gasteiger partial charge in [0.1, 0.15) is 0 Å². The first-order valence-electron chi connectivity index (χ1n) is 10.1. The summed E-state index contributed by atoms with van der Waals surface area (Å²) < 4.78 is 31.8. The van der Waals surface area contributed by atoms with E-state index < -0.39 is 20.4 Å². The van der Waals surface area contributed by atoms with Gasteiger partial charge in [-0.2, -0.15) is 0 Å². The van der Waals surface area contributed by atoms with Gasteiger partial charge in [0.15, 0.2) is 11.6 Å². The van der Waals surface area contributed by atoms with Crippen molar-refractivity contribution >= 4 is 8.80 Å². The normalized spacial score (nSPS) is 30.4. The predicted molar refractivity (Wildman–Crippen MR) is 102 cm³/mol. The summed E-state index contributed by atoms with van der Waals surface area (Å²) in [4.78, 5) is 0. The molecule has 2 aliphatic rings. The summed E-state index contributed by atoms with van der Waals surface area (Å²) in [5.41, 5.74) is 0.992. The smallest absolute Gasteiger partial charge is 0.159 e. The highest BCUT2D eigenvalue weighted by atomic mass is 28.3. The van der Waals surface area contributed by atoms with Crippen molar-refractivity contribution in [3.05, 3.63) is 35.4 Å². The Balaban J connectivity index is 1.43. The van der Waals surface area contributed by atoms with E-state index in [1.54, 1.807) is 13.2 Å². The van der Waals surface area contributed by atoms with Gasteiger partial charge in [-0.15, -0.1) is 0 Å². The van der Waals surface area contributed by atoms with Crippen LogP contribution in [0.1, 0.15) is 56.4 Å². The van der Waals surface area contributed by atoms with Crippen molar-refractivity contribution in [2.24, 2.45) is 11.8 Å². The molecule has 0 radical (unpaired) electrons. The van der Waals surface area contributed by atoms with Gasteiger partial charge in [-0.05, 0) is 67.6 Å². The number of hydrogen-bond acceptors (Lipinski definition) is 1. The summed E-state index contributed by atoms with van der Waals surface area (Å²) in [5.74, 6) is 0.791. The Bertz CT molecular complexity index is 535. The largest absolute Gasteiger partial charge is 0.385 e. The zero-order valence-corrected chi connectivity index (χ0v) is 16.6. The van der Waals surface area contributed by atoms with Gasteiger partial charge in [-0.25, -0.2) is 8.78 Å². The minimum absolute atomic E-state index is 0.422. The first kappa shape index (κ1) is 19.0. The number of rotatable bonds is 6. The van der Waals surface area contributed by atoms with Crippen LogP contribution < -0.4 is 0 Å². The van der Waals surface area contributed by atoms with E-state index in [0.717, 1.165) is 36.8 Å². The molecule has 25 heavy (non-hydrogen) atoms. The minimum Gasteiger partial charge on any atom is -0.385 e. The van der Waals surface area contributed by atoms with Crippen molar-refractivity contribution in [1.29, 1.82) is 0 Å².